The molecule has 0 amide bonds. The molecule has 0 fully saturated rings. The van der Waals surface area contributed by atoms with Gasteiger partial charge in [-0.05, 0) is 36.9 Å². The number of guanidine groups is 1. The van der Waals surface area contributed by atoms with Crippen LogP contribution in [0.25, 0.3) is 0 Å². The molecule has 126 valence electrons. The molecule has 1 heterocycles. The van der Waals surface area contributed by atoms with Gasteiger partial charge < -0.3 is 15.4 Å². The van der Waals surface area contributed by atoms with Crippen molar-refractivity contribution in [1.29, 1.82) is 0 Å². The Hall–Kier alpha value is -1.28. The fourth-order valence-electron chi connectivity index (χ4n) is 2.08. The van der Waals surface area contributed by atoms with E-state index in [1.165, 1.54) is 10.4 Å². The maximum atomic E-state index is 5.70. The van der Waals surface area contributed by atoms with Crippen molar-refractivity contribution in [3.05, 3.63) is 51.7 Å². The van der Waals surface area contributed by atoms with Crippen LogP contribution < -0.4 is 15.4 Å². The maximum Gasteiger partial charge on any atom is 0.191 e. The van der Waals surface area contributed by atoms with Gasteiger partial charge in [-0.25, -0.2) is 0 Å². The van der Waals surface area contributed by atoms with Crippen molar-refractivity contribution in [2.75, 3.05) is 13.7 Å². The van der Waals surface area contributed by atoms with Gasteiger partial charge in [-0.3, -0.25) is 4.99 Å². The number of benzene rings is 1. The quantitative estimate of drug-likeness (QED) is 0.402. The molecule has 2 aromatic rings. The lowest BCUT2D eigenvalue weighted by molar-refractivity contribution is 0.336. The predicted molar refractivity (Wildman–Crippen MR) is 109 cm³/mol. The fourth-order valence-corrected chi connectivity index (χ4v) is 2.73. The van der Waals surface area contributed by atoms with E-state index in [9.17, 15) is 0 Å². The van der Waals surface area contributed by atoms with E-state index in [4.69, 9.17) is 4.74 Å². The molecule has 6 heteroatoms. The summed E-state index contributed by atoms with van der Waals surface area (Å²) in [6, 6.07) is 10.4. The normalized spacial score (nSPS) is 10.8. The molecule has 0 aliphatic rings. The first kappa shape index (κ1) is 19.8. The Labute approximate surface area is 159 Å². The molecule has 23 heavy (non-hydrogen) atoms. The van der Waals surface area contributed by atoms with Gasteiger partial charge in [0.25, 0.3) is 0 Å². The highest BCUT2D eigenvalue weighted by Crippen LogP contribution is 2.20. The minimum absolute atomic E-state index is 0. The van der Waals surface area contributed by atoms with Gasteiger partial charge in [-0.1, -0.05) is 18.2 Å². The number of thiophene rings is 1. The van der Waals surface area contributed by atoms with E-state index in [-0.39, 0.29) is 24.0 Å². The van der Waals surface area contributed by atoms with Gasteiger partial charge in [0.1, 0.15) is 5.75 Å². The van der Waals surface area contributed by atoms with Crippen LogP contribution in [0.5, 0.6) is 5.75 Å². The van der Waals surface area contributed by atoms with Gasteiger partial charge in [0, 0.05) is 24.0 Å². The zero-order chi connectivity index (χ0) is 15.8. The van der Waals surface area contributed by atoms with E-state index >= 15 is 0 Å². The molecule has 2 rings (SSSR count). The SMILES string of the molecule is CCOc1cc(C)ccc1CNC(=NC)NCc1cccs1.I. The predicted octanol–water partition coefficient (Wildman–Crippen LogP) is 3.94. The molecule has 4 nitrogen and oxygen atoms in total. The van der Waals surface area contributed by atoms with Crippen LogP contribution in [0.2, 0.25) is 0 Å². The fraction of sp³-hybridized carbons (Fsp3) is 0.353. The molecule has 0 atom stereocenters. The molecule has 0 aliphatic heterocycles. The monoisotopic (exact) mass is 445 g/mol. The number of ether oxygens (including phenoxy) is 1. The third kappa shape index (κ3) is 6.39. The maximum absolute atomic E-state index is 5.70. The van der Waals surface area contributed by atoms with Crippen molar-refractivity contribution >= 4 is 41.3 Å². The average molecular weight is 445 g/mol. The molecule has 0 bridgehead atoms. The van der Waals surface area contributed by atoms with Gasteiger partial charge in [0.2, 0.25) is 0 Å². The van der Waals surface area contributed by atoms with Crippen molar-refractivity contribution in [3.63, 3.8) is 0 Å². The number of halogens is 1. The highest BCUT2D eigenvalue weighted by molar-refractivity contribution is 14.0. The van der Waals surface area contributed by atoms with E-state index in [2.05, 4.69) is 58.3 Å². The summed E-state index contributed by atoms with van der Waals surface area (Å²) in [5, 5.41) is 8.72. The Bertz CT molecular complexity index is 614. The van der Waals surface area contributed by atoms with Crippen LogP contribution in [0.3, 0.4) is 0 Å². The molecular weight excluding hydrogens is 421 g/mol. The van der Waals surface area contributed by atoms with Crippen molar-refractivity contribution in [2.24, 2.45) is 4.99 Å². The van der Waals surface area contributed by atoms with E-state index in [1.54, 1.807) is 18.4 Å². The van der Waals surface area contributed by atoms with Crippen LogP contribution >= 0.6 is 35.3 Å². The summed E-state index contributed by atoms with van der Waals surface area (Å²) in [6.07, 6.45) is 0. The number of hydrogen-bond acceptors (Lipinski definition) is 3. The van der Waals surface area contributed by atoms with Crippen LogP contribution in [0.4, 0.5) is 0 Å². The summed E-state index contributed by atoms with van der Waals surface area (Å²) >= 11 is 1.74. The highest BCUT2D eigenvalue weighted by atomic mass is 127. The zero-order valence-electron chi connectivity index (χ0n) is 13.8. The van der Waals surface area contributed by atoms with E-state index < -0.39 is 0 Å². The molecule has 0 saturated heterocycles. The first-order valence-corrected chi connectivity index (χ1v) is 8.30. The number of nitrogens with one attached hydrogen (secondary N) is 2. The molecule has 2 N–H and O–H groups in total. The van der Waals surface area contributed by atoms with E-state index in [0.717, 1.165) is 23.8 Å². The number of hydrogen-bond donors (Lipinski definition) is 2. The Morgan fingerprint density at radius 1 is 1.22 bits per heavy atom. The lowest BCUT2D eigenvalue weighted by atomic mass is 10.1. The smallest absolute Gasteiger partial charge is 0.191 e. The molecule has 0 spiro atoms. The average Bonchev–Trinajstić information content (AvgIpc) is 3.03. The Morgan fingerprint density at radius 2 is 2.00 bits per heavy atom. The van der Waals surface area contributed by atoms with Gasteiger partial charge in [0.15, 0.2) is 5.96 Å². The Morgan fingerprint density at radius 3 is 2.65 bits per heavy atom. The first-order valence-electron chi connectivity index (χ1n) is 7.42. The van der Waals surface area contributed by atoms with Gasteiger partial charge in [-0.15, -0.1) is 35.3 Å². The molecular formula is C17H24IN3OS. The summed E-state index contributed by atoms with van der Waals surface area (Å²) in [5.74, 6) is 1.72. The van der Waals surface area contributed by atoms with Crippen LogP contribution in [0, 0.1) is 6.92 Å². The summed E-state index contributed by atoms with van der Waals surface area (Å²) in [5.41, 5.74) is 2.33. The van der Waals surface area contributed by atoms with Crippen LogP contribution in [-0.4, -0.2) is 19.6 Å². The van der Waals surface area contributed by atoms with Crippen molar-refractivity contribution in [3.8, 4) is 5.75 Å². The minimum Gasteiger partial charge on any atom is -0.494 e. The first-order chi connectivity index (χ1) is 10.7. The van der Waals surface area contributed by atoms with Crippen molar-refractivity contribution in [2.45, 2.75) is 26.9 Å². The third-order valence-electron chi connectivity index (χ3n) is 3.20. The van der Waals surface area contributed by atoms with E-state index in [0.29, 0.717) is 13.2 Å². The number of nitrogens with zero attached hydrogens (tertiary/aromatic N) is 1. The molecule has 1 aromatic heterocycles. The zero-order valence-corrected chi connectivity index (χ0v) is 16.9. The minimum atomic E-state index is 0. The summed E-state index contributed by atoms with van der Waals surface area (Å²) in [6.45, 7) is 6.20. The summed E-state index contributed by atoms with van der Waals surface area (Å²) < 4.78 is 5.70. The topological polar surface area (TPSA) is 45.6 Å². The number of rotatable bonds is 6. The summed E-state index contributed by atoms with van der Waals surface area (Å²) in [7, 11) is 1.78. The van der Waals surface area contributed by atoms with Crippen LogP contribution in [0.1, 0.15) is 22.9 Å². The molecule has 0 aliphatic carbocycles. The lowest BCUT2D eigenvalue weighted by Crippen LogP contribution is -2.36. The van der Waals surface area contributed by atoms with Crippen molar-refractivity contribution < 1.29 is 4.74 Å². The Balaban J connectivity index is 0.00000264. The second-order valence-electron chi connectivity index (χ2n) is 4.90. The van der Waals surface area contributed by atoms with Crippen molar-refractivity contribution in [1.82, 2.24) is 10.6 Å². The highest BCUT2D eigenvalue weighted by Gasteiger charge is 2.05. The summed E-state index contributed by atoms with van der Waals surface area (Å²) in [4.78, 5) is 5.54. The third-order valence-corrected chi connectivity index (χ3v) is 4.08. The lowest BCUT2D eigenvalue weighted by Gasteiger charge is -2.14. The van der Waals surface area contributed by atoms with Crippen LogP contribution in [-0.2, 0) is 13.1 Å². The molecule has 0 unspecified atom stereocenters. The number of aliphatic imine (C=N–C) groups is 1. The Kier molecular flexibility index (Phi) is 9.01. The van der Waals surface area contributed by atoms with Gasteiger partial charge in [-0.2, -0.15) is 0 Å². The molecule has 0 radical (unpaired) electrons. The largest absolute Gasteiger partial charge is 0.494 e. The van der Waals surface area contributed by atoms with Crippen LogP contribution in [0.15, 0.2) is 40.7 Å². The second kappa shape index (κ2) is 10.5. The standard InChI is InChI=1S/C17H23N3OS.HI/c1-4-21-16-10-13(2)7-8-14(16)11-19-17(18-3)20-12-15-6-5-9-22-15;/h5-10H,4,11-12H2,1-3H3,(H2,18,19,20);1H. The van der Waals surface area contributed by atoms with Gasteiger partial charge >= 0.3 is 0 Å². The second-order valence-corrected chi connectivity index (χ2v) is 5.94. The molecule has 0 saturated carbocycles. The number of aryl methyl sites for hydroxylation is 1. The van der Waals surface area contributed by atoms with E-state index in [1.807, 2.05) is 6.92 Å². The molecule has 1 aromatic carbocycles. The van der Waals surface area contributed by atoms with Gasteiger partial charge in [0.05, 0.1) is 13.2 Å².